The summed E-state index contributed by atoms with van der Waals surface area (Å²) < 4.78 is 11.0. The van der Waals surface area contributed by atoms with E-state index in [0.717, 1.165) is 5.56 Å². The van der Waals surface area contributed by atoms with Gasteiger partial charge in [0.2, 0.25) is 0 Å². The molecule has 0 saturated heterocycles. The SMILES string of the molecule is COc1cccc(/C=N/O)c1OCc1ccc(Cl)c(Cl)c1. The van der Waals surface area contributed by atoms with Gasteiger partial charge in [0.25, 0.3) is 0 Å². The standard InChI is InChI=1S/C15H13Cl2NO3/c1-20-14-4-2-3-11(8-18-19)15(14)21-9-10-5-6-12(16)13(17)7-10/h2-8,19H,9H2,1H3/b18-8+. The summed E-state index contributed by atoms with van der Waals surface area (Å²) >= 11 is 11.8. The van der Waals surface area contributed by atoms with Gasteiger partial charge in [0.05, 0.1) is 23.4 Å². The van der Waals surface area contributed by atoms with Crippen LogP contribution in [-0.4, -0.2) is 18.5 Å². The van der Waals surface area contributed by atoms with Crippen LogP contribution in [0.1, 0.15) is 11.1 Å². The van der Waals surface area contributed by atoms with Crippen molar-refractivity contribution in [2.75, 3.05) is 7.11 Å². The first-order valence-corrected chi connectivity index (χ1v) is 6.82. The highest BCUT2D eigenvalue weighted by Crippen LogP contribution is 2.31. The molecule has 6 heteroatoms. The molecule has 0 fully saturated rings. The zero-order valence-electron chi connectivity index (χ0n) is 11.2. The van der Waals surface area contributed by atoms with Gasteiger partial charge >= 0.3 is 0 Å². The molecule has 21 heavy (non-hydrogen) atoms. The predicted octanol–water partition coefficient (Wildman–Crippen LogP) is 4.39. The fourth-order valence-corrected chi connectivity index (χ4v) is 2.12. The molecule has 0 unspecified atom stereocenters. The molecule has 2 rings (SSSR count). The first-order chi connectivity index (χ1) is 10.2. The van der Waals surface area contributed by atoms with Crippen LogP contribution in [0, 0.1) is 0 Å². The first-order valence-electron chi connectivity index (χ1n) is 6.07. The minimum atomic E-state index is 0.281. The zero-order valence-corrected chi connectivity index (χ0v) is 12.7. The maximum absolute atomic E-state index is 8.70. The van der Waals surface area contributed by atoms with Gasteiger partial charge in [-0.2, -0.15) is 0 Å². The van der Waals surface area contributed by atoms with E-state index in [-0.39, 0.29) is 6.61 Å². The molecule has 4 nitrogen and oxygen atoms in total. The van der Waals surface area contributed by atoms with E-state index >= 15 is 0 Å². The van der Waals surface area contributed by atoms with Crippen LogP contribution in [0.4, 0.5) is 0 Å². The topological polar surface area (TPSA) is 51.0 Å². The summed E-state index contributed by atoms with van der Waals surface area (Å²) in [6.45, 7) is 0.281. The molecule has 110 valence electrons. The Morgan fingerprint density at radius 2 is 2.00 bits per heavy atom. The van der Waals surface area contributed by atoms with Gasteiger partial charge in [0.1, 0.15) is 6.61 Å². The van der Waals surface area contributed by atoms with Gasteiger partial charge in [-0.15, -0.1) is 0 Å². The number of para-hydroxylation sites is 1. The van der Waals surface area contributed by atoms with Crippen LogP contribution in [0.2, 0.25) is 10.0 Å². The number of methoxy groups -OCH3 is 1. The molecule has 2 aromatic carbocycles. The fourth-order valence-electron chi connectivity index (χ4n) is 1.80. The van der Waals surface area contributed by atoms with Crippen molar-refractivity contribution in [2.24, 2.45) is 5.16 Å². The lowest BCUT2D eigenvalue weighted by Gasteiger charge is -2.13. The summed E-state index contributed by atoms with van der Waals surface area (Å²) in [4.78, 5) is 0. The quantitative estimate of drug-likeness (QED) is 0.504. The number of oxime groups is 1. The van der Waals surface area contributed by atoms with E-state index in [2.05, 4.69) is 5.16 Å². The molecule has 0 aliphatic heterocycles. The number of benzene rings is 2. The van der Waals surface area contributed by atoms with Crippen molar-refractivity contribution in [1.29, 1.82) is 0 Å². The Bertz CT molecular complexity index is 659. The lowest BCUT2D eigenvalue weighted by Crippen LogP contribution is -2.01. The first kappa shape index (κ1) is 15.5. The predicted molar refractivity (Wildman–Crippen MR) is 83.2 cm³/mol. The average Bonchev–Trinajstić information content (AvgIpc) is 2.49. The third-order valence-electron chi connectivity index (χ3n) is 2.79. The highest BCUT2D eigenvalue weighted by Gasteiger charge is 2.10. The summed E-state index contributed by atoms with van der Waals surface area (Å²) in [7, 11) is 1.54. The lowest BCUT2D eigenvalue weighted by atomic mass is 10.2. The largest absolute Gasteiger partial charge is 0.493 e. The summed E-state index contributed by atoms with van der Waals surface area (Å²) in [5, 5.41) is 12.7. The van der Waals surface area contributed by atoms with E-state index < -0.39 is 0 Å². The van der Waals surface area contributed by atoms with Crippen molar-refractivity contribution in [3.8, 4) is 11.5 Å². The zero-order chi connectivity index (χ0) is 15.2. The minimum absolute atomic E-state index is 0.281. The Morgan fingerprint density at radius 3 is 2.67 bits per heavy atom. The van der Waals surface area contributed by atoms with Crippen LogP contribution in [0.25, 0.3) is 0 Å². The van der Waals surface area contributed by atoms with Crippen molar-refractivity contribution in [2.45, 2.75) is 6.61 Å². The fraction of sp³-hybridized carbons (Fsp3) is 0.133. The van der Waals surface area contributed by atoms with Crippen LogP contribution >= 0.6 is 23.2 Å². The molecule has 0 saturated carbocycles. The van der Waals surface area contributed by atoms with Gasteiger partial charge in [-0.3, -0.25) is 0 Å². The highest BCUT2D eigenvalue weighted by molar-refractivity contribution is 6.42. The van der Waals surface area contributed by atoms with Crippen molar-refractivity contribution < 1.29 is 14.7 Å². The average molecular weight is 326 g/mol. The molecule has 0 aliphatic carbocycles. The normalized spacial score (nSPS) is 10.8. The van der Waals surface area contributed by atoms with E-state index in [4.69, 9.17) is 37.9 Å². The Balaban J connectivity index is 2.24. The van der Waals surface area contributed by atoms with Gasteiger partial charge in [-0.1, -0.05) is 40.5 Å². The van der Waals surface area contributed by atoms with Crippen molar-refractivity contribution in [1.82, 2.24) is 0 Å². The molecule has 0 atom stereocenters. The van der Waals surface area contributed by atoms with Crippen molar-refractivity contribution in [3.63, 3.8) is 0 Å². The van der Waals surface area contributed by atoms with Crippen LogP contribution in [-0.2, 0) is 6.61 Å². The molecule has 2 aromatic rings. The smallest absolute Gasteiger partial charge is 0.170 e. The minimum Gasteiger partial charge on any atom is -0.493 e. The summed E-state index contributed by atoms with van der Waals surface area (Å²) in [6.07, 6.45) is 1.28. The second kappa shape index (κ2) is 7.20. The molecular weight excluding hydrogens is 313 g/mol. The third-order valence-corrected chi connectivity index (χ3v) is 3.53. The second-order valence-corrected chi connectivity index (χ2v) is 4.97. The monoisotopic (exact) mass is 325 g/mol. The number of rotatable bonds is 5. The Labute approximate surface area is 132 Å². The molecule has 0 spiro atoms. The van der Waals surface area contributed by atoms with E-state index in [1.807, 2.05) is 6.07 Å². The third kappa shape index (κ3) is 3.80. The number of hydrogen-bond acceptors (Lipinski definition) is 4. The van der Waals surface area contributed by atoms with Crippen LogP contribution in [0.5, 0.6) is 11.5 Å². The van der Waals surface area contributed by atoms with Crippen LogP contribution in [0.3, 0.4) is 0 Å². The Kier molecular flexibility index (Phi) is 5.31. The molecule has 1 N–H and O–H groups in total. The maximum Gasteiger partial charge on any atom is 0.170 e. The molecule has 0 bridgehead atoms. The van der Waals surface area contributed by atoms with Gasteiger partial charge in [-0.05, 0) is 29.8 Å². The summed E-state index contributed by atoms with van der Waals surface area (Å²) in [5.41, 5.74) is 1.47. The van der Waals surface area contributed by atoms with Gasteiger partial charge < -0.3 is 14.7 Å². The van der Waals surface area contributed by atoms with Crippen LogP contribution < -0.4 is 9.47 Å². The maximum atomic E-state index is 8.70. The number of ether oxygens (including phenoxy) is 2. The van der Waals surface area contributed by atoms with E-state index in [1.165, 1.54) is 6.21 Å². The molecule has 0 heterocycles. The van der Waals surface area contributed by atoms with Gasteiger partial charge in [-0.25, -0.2) is 0 Å². The number of hydrogen-bond donors (Lipinski definition) is 1. The number of nitrogens with zero attached hydrogens (tertiary/aromatic N) is 1. The summed E-state index contributed by atoms with van der Waals surface area (Å²) in [6, 6.07) is 10.6. The van der Waals surface area contributed by atoms with Crippen molar-refractivity contribution >= 4 is 29.4 Å². The Hall–Kier alpha value is -1.91. The van der Waals surface area contributed by atoms with Crippen LogP contribution in [0.15, 0.2) is 41.6 Å². The van der Waals surface area contributed by atoms with E-state index in [9.17, 15) is 0 Å². The van der Waals surface area contributed by atoms with Gasteiger partial charge in [0.15, 0.2) is 11.5 Å². The molecule has 0 aromatic heterocycles. The highest BCUT2D eigenvalue weighted by atomic mass is 35.5. The van der Waals surface area contributed by atoms with Crippen molar-refractivity contribution in [3.05, 3.63) is 57.6 Å². The molecule has 0 amide bonds. The molecule has 0 aliphatic rings. The lowest BCUT2D eigenvalue weighted by molar-refractivity contribution is 0.283. The van der Waals surface area contributed by atoms with Gasteiger partial charge in [0, 0.05) is 5.56 Å². The Morgan fingerprint density at radius 1 is 1.19 bits per heavy atom. The van der Waals surface area contributed by atoms with E-state index in [0.29, 0.717) is 27.1 Å². The molecular formula is C15H13Cl2NO3. The summed E-state index contributed by atoms with van der Waals surface area (Å²) in [5.74, 6) is 1.04. The second-order valence-electron chi connectivity index (χ2n) is 4.16. The van der Waals surface area contributed by atoms with E-state index in [1.54, 1.807) is 37.4 Å². The number of halogens is 2. The molecule has 0 radical (unpaired) electrons.